The van der Waals surface area contributed by atoms with Gasteiger partial charge in [-0.2, -0.15) is 0 Å². The highest BCUT2D eigenvalue weighted by atomic mass is 16.2. The summed E-state index contributed by atoms with van der Waals surface area (Å²) in [6, 6.07) is 18.9. The zero-order chi connectivity index (χ0) is 16.8. The third-order valence-corrected chi connectivity index (χ3v) is 4.50. The molecule has 3 rings (SSSR count). The Hall–Kier alpha value is -2.49. The molecule has 1 saturated heterocycles. The number of amides is 2. The van der Waals surface area contributed by atoms with Gasteiger partial charge >= 0.3 is 6.03 Å². The van der Waals surface area contributed by atoms with E-state index in [0.717, 1.165) is 32.6 Å². The van der Waals surface area contributed by atoms with Gasteiger partial charge in [0, 0.05) is 38.4 Å². The standard InChI is InChI=1S/C20H25N3O/c1-17-7-9-19(10-8-17)22-13-15-23(16-14-22)20(24)21-12-11-18-5-3-2-4-6-18/h2-10H,11-16H2,1H3,(H,21,24). The maximum atomic E-state index is 12.3. The highest BCUT2D eigenvalue weighted by molar-refractivity contribution is 5.74. The summed E-state index contributed by atoms with van der Waals surface area (Å²) < 4.78 is 0. The highest BCUT2D eigenvalue weighted by Gasteiger charge is 2.20. The van der Waals surface area contributed by atoms with Crippen LogP contribution in [0.25, 0.3) is 0 Å². The first-order valence-corrected chi connectivity index (χ1v) is 8.61. The van der Waals surface area contributed by atoms with Crippen LogP contribution in [-0.4, -0.2) is 43.7 Å². The van der Waals surface area contributed by atoms with Crippen LogP contribution in [0.4, 0.5) is 10.5 Å². The monoisotopic (exact) mass is 323 g/mol. The second-order valence-corrected chi connectivity index (χ2v) is 6.28. The molecule has 0 unspecified atom stereocenters. The summed E-state index contributed by atoms with van der Waals surface area (Å²) in [4.78, 5) is 16.5. The number of piperazine rings is 1. The quantitative estimate of drug-likeness (QED) is 0.938. The molecule has 24 heavy (non-hydrogen) atoms. The van der Waals surface area contributed by atoms with Crippen molar-refractivity contribution in [1.82, 2.24) is 10.2 Å². The molecule has 4 nitrogen and oxygen atoms in total. The van der Waals surface area contributed by atoms with Crippen LogP contribution in [0.3, 0.4) is 0 Å². The Morgan fingerprint density at radius 2 is 1.62 bits per heavy atom. The lowest BCUT2D eigenvalue weighted by Crippen LogP contribution is -2.52. The summed E-state index contributed by atoms with van der Waals surface area (Å²) in [5, 5.41) is 3.03. The molecule has 1 fully saturated rings. The molecule has 0 aromatic heterocycles. The minimum Gasteiger partial charge on any atom is -0.368 e. The molecule has 1 aliphatic heterocycles. The van der Waals surface area contributed by atoms with Gasteiger partial charge in [-0.1, -0.05) is 48.0 Å². The smallest absolute Gasteiger partial charge is 0.317 e. The number of nitrogens with one attached hydrogen (secondary N) is 1. The van der Waals surface area contributed by atoms with Crippen molar-refractivity contribution < 1.29 is 4.79 Å². The van der Waals surface area contributed by atoms with Gasteiger partial charge in [-0.25, -0.2) is 4.79 Å². The third-order valence-electron chi connectivity index (χ3n) is 4.50. The largest absolute Gasteiger partial charge is 0.368 e. The summed E-state index contributed by atoms with van der Waals surface area (Å²) >= 11 is 0. The number of carbonyl (C=O) groups excluding carboxylic acids is 1. The van der Waals surface area contributed by atoms with E-state index in [0.29, 0.717) is 6.54 Å². The van der Waals surface area contributed by atoms with Gasteiger partial charge in [0.1, 0.15) is 0 Å². The van der Waals surface area contributed by atoms with Gasteiger partial charge < -0.3 is 15.1 Å². The van der Waals surface area contributed by atoms with E-state index >= 15 is 0 Å². The van der Waals surface area contributed by atoms with Crippen molar-refractivity contribution in [3.63, 3.8) is 0 Å². The lowest BCUT2D eigenvalue weighted by molar-refractivity contribution is 0.194. The van der Waals surface area contributed by atoms with Crippen LogP contribution in [0.2, 0.25) is 0 Å². The Kier molecular flexibility index (Phi) is 5.36. The van der Waals surface area contributed by atoms with Crippen LogP contribution < -0.4 is 10.2 Å². The summed E-state index contributed by atoms with van der Waals surface area (Å²) in [7, 11) is 0. The second kappa shape index (κ2) is 7.86. The normalized spacial score (nSPS) is 14.5. The SMILES string of the molecule is Cc1ccc(N2CCN(C(=O)NCCc3ccccc3)CC2)cc1. The molecular weight excluding hydrogens is 298 g/mol. The molecule has 4 heteroatoms. The number of hydrogen-bond acceptors (Lipinski definition) is 2. The molecule has 0 atom stereocenters. The van der Waals surface area contributed by atoms with Crippen LogP contribution in [0, 0.1) is 6.92 Å². The van der Waals surface area contributed by atoms with Gasteiger partial charge in [-0.3, -0.25) is 0 Å². The predicted molar refractivity (Wildman–Crippen MR) is 98.5 cm³/mol. The van der Waals surface area contributed by atoms with Gasteiger partial charge in [-0.05, 0) is 31.0 Å². The van der Waals surface area contributed by atoms with Crippen LogP contribution in [0.1, 0.15) is 11.1 Å². The lowest BCUT2D eigenvalue weighted by Gasteiger charge is -2.36. The number of anilines is 1. The van der Waals surface area contributed by atoms with E-state index in [9.17, 15) is 4.79 Å². The molecule has 1 aliphatic rings. The predicted octanol–water partition coefficient (Wildman–Crippen LogP) is 3.07. The van der Waals surface area contributed by atoms with E-state index in [-0.39, 0.29) is 6.03 Å². The van der Waals surface area contributed by atoms with Crippen molar-refractivity contribution in [3.05, 3.63) is 65.7 Å². The average molecular weight is 323 g/mol. The second-order valence-electron chi connectivity index (χ2n) is 6.28. The molecule has 0 radical (unpaired) electrons. The number of urea groups is 1. The minimum absolute atomic E-state index is 0.0505. The van der Waals surface area contributed by atoms with Gasteiger partial charge in [0.25, 0.3) is 0 Å². The van der Waals surface area contributed by atoms with Crippen molar-refractivity contribution >= 4 is 11.7 Å². The van der Waals surface area contributed by atoms with E-state index < -0.39 is 0 Å². The molecule has 1 N–H and O–H groups in total. The summed E-state index contributed by atoms with van der Waals surface area (Å²) in [5.41, 5.74) is 3.77. The van der Waals surface area contributed by atoms with Gasteiger partial charge in [0.2, 0.25) is 0 Å². The third kappa shape index (κ3) is 4.28. The number of carbonyl (C=O) groups is 1. The van der Waals surface area contributed by atoms with Crippen molar-refractivity contribution in [2.24, 2.45) is 0 Å². The van der Waals surface area contributed by atoms with Crippen molar-refractivity contribution in [2.75, 3.05) is 37.6 Å². The minimum atomic E-state index is 0.0505. The molecule has 126 valence electrons. The number of hydrogen-bond donors (Lipinski definition) is 1. The molecule has 2 aromatic carbocycles. The first kappa shape index (κ1) is 16.4. The molecule has 0 bridgehead atoms. The van der Waals surface area contributed by atoms with Crippen LogP contribution >= 0.6 is 0 Å². The topological polar surface area (TPSA) is 35.6 Å². The summed E-state index contributed by atoms with van der Waals surface area (Å²) in [6.45, 7) is 6.09. The van der Waals surface area contributed by atoms with Gasteiger partial charge in [-0.15, -0.1) is 0 Å². The number of nitrogens with zero attached hydrogens (tertiary/aromatic N) is 2. The molecule has 0 saturated carbocycles. The van der Waals surface area contributed by atoms with Gasteiger partial charge in [0.05, 0.1) is 0 Å². The first-order valence-electron chi connectivity index (χ1n) is 8.61. The molecule has 2 amide bonds. The molecule has 0 spiro atoms. The van der Waals surface area contributed by atoms with Crippen molar-refractivity contribution in [3.8, 4) is 0 Å². The lowest BCUT2D eigenvalue weighted by atomic mass is 10.1. The maximum Gasteiger partial charge on any atom is 0.317 e. The molecule has 2 aromatic rings. The van der Waals surface area contributed by atoms with Gasteiger partial charge in [0.15, 0.2) is 0 Å². The molecular formula is C20H25N3O. The molecule has 0 aliphatic carbocycles. The molecule has 1 heterocycles. The first-order chi connectivity index (χ1) is 11.7. The van der Waals surface area contributed by atoms with Crippen LogP contribution in [0.15, 0.2) is 54.6 Å². The Labute approximate surface area is 144 Å². The number of aryl methyl sites for hydroxylation is 1. The highest BCUT2D eigenvalue weighted by Crippen LogP contribution is 2.17. The number of rotatable bonds is 4. The average Bonchev–Trinajstić information content (AvgIpc) is 2.63. The van der Waals surface area contributed by atoms with Crippen molar-refractivity contribution in [1.29, 1.82) is 0 Å². The van der Waals surface area contributed by atoms with E-state index in [1.54, 1.807) is 0 Å². The van der Waals surface area contributed by atoms with E-state index in [4.69, 9.17) is 0 Å². The Balaban J connectivity index is 1.42. The summed E-state index contributed by atoms with van der Waals surface area (Å²) in [5.74, 6) is 0. The Morgan fingerprint density at radius 3 is 2.29 bits per heavy atom. The fraction of sp³-hybridized carbons (Fsp3) is 0.350. The fourth-order valence-corrected chi connectivity index (χ4v) is 2.99. The van der Waals surface area contributed by atoms with Crippen LogP contribution in [-0.2, 0) is 6.42 Å². The zero-order valence-electron chi connectivity index (χ0n) is 14.2. The van der Waals surface area contributed by atoms with E-state index in [1.807, 2.05) is 23.1 Å². The van der Waals surface area contributed by atoms with Crippen molar-refractivity contribution in [2.45, 2.75) is 13.3 Å². The summed E-state index contributed by atoms with van der Waals surface area (Å²) in [6.07, 6.45) is 0.871. The number of benzene rings is 2. The maximum absolute atomic E-state index is 12.3. The van der Waals surface area contributed by atoms with E-state index in [2.05, 4.69) is 53.5 Å². The van der Waals surface area contributed by atoms with E-state index in [1.165, 1.54) is 16.8 Å². The fourth-order valence-electron chi connectivity index (χ4n) is 2.99. The van der Waals surface area contributed by atoms with Crippen LogP contribution in [0.5, 0.6) is 0 Å². The Bertz CT molecular complexity index is 646. The Morgan fingerprint density at radius 1 is 0.958 bits per heavy atom. The zero-order valence-corrected chi connectivity index (χ0v) is 14.2.